The second-order valence-corrected chi connectivity index (χ2v) is 9.68. The number of hydrogen-bond acceptors (Lipinski definition) is 9. The Kier molecular flexibility index (Phi) is 8.23. The fourth-order valence-corrected chi connectivity index (χ4v) is 4.56. The highest BCUT2D eigenvalue weighted by Gasteiger charge is 2.53. The summed E-state index contributed by atoms with van der Waals surface area (Å²) in [6.45, 7) is 6.20. The maximum absolute atomic E-state index is 12.3. The molecule has 1 aliphatic heterocycles. The van der Waals surface area contributed by atoms with Crippen LogP contribution in [0.3, 0.4) is 0 Å². The van der Waals surface area contributed by atoms with Crippen LogP contribution in [-0.4, -0.2) is 53.1 Å². The smallest absolute Gasteiger partial charge is 0.330 e. The van der Waals surface area contributed by atoms with Gasteiger partial charge in [-0.2, -0.15) is 0 Å². The zero-order valence-electron chi connectivity index (χ0n) is 19.2. The van der Waals surface area contributed by atoms with Gasteiger partial charge in [-0.3, -0.25) is 23.7 Å². The van der Waals surface area contributed by atoms with Crippen LogP contribution in [0.1, 0.15) is 52.7 Å². The lowest BCUT2D eigenvalue weighted by atomic mass is 9.82. The second kappa shape index (κ2) is 10.6. The first-order valence-corrected chi connectivity index (χ1v) is 11.8. The number of ether oxygens (including phenoxy) is 3. The van der Waals surface area contributed by atoms with E-state index < -0.39 is 43.2 Å². The van der Waals surface area contributed by atoms with Gasteiger partial charge in [-0.15, -0.1) is 0 Å². The number of rotatable bonds is 12. The quantitative estimate of drug-likeness (QED) is 0.255. The molecule has 12 heteroatoms. The average molecular weight is 485 g/mol. The predicted octanol–water partition coefficient (Wildman–Crippen LogP) is 1.52. The normalized spacial score (nSPS) is 28.3. The number of nitrogens with zero attached hydrogens (tertiary/aromatic N) is 1. The van der Waals surface area contributed by atoms with E-state index in [-0.39, 0.29) is 24.6 Å². The van der Waals surface area contributed by atoms with Gasteiger partial charge in [-0.1, -0.05) is 0 Å². The van der Waals surface area contributed by atoms with E-state index in [0.29, 0.717) is 26.1 Å². The minimum atomic E-state index is -1.00. The van der Waals surface area contributed by atoms with Crippen LogP contribution < -0.4 is 17.0 Å². The maximum Gasteiger partial charge on any atom is 0.330 e. The Hall–Kier alpha value is -1.91. The van der Waals surface area contributed by atoms with Gasteiger partial charge in [-0.25, -0.2) is 9.36 Å². The van der Waals surface area contributed by atoms with Crippen molar-refractivity contribution in [3.63, 3.8) is 0 Å². The van der Waals surface area contributed by atoms with E-state index in [9.17, 15) is 18.9 Å². The Labute approximate surface area is 193 Å². The van der Waals surface area contributed by atoms with Crippen LogP contribution in [0.25, 0.3) is 0 Å². The molecule has 1 saturated carbocycles. The van der Waals surface area contributed by atoms with E-state index in [0.717, 1.165) is 12.8 Å². The molecule has 184 valence electrons. The molecular formula is C21H32N3O8P. The number of nitrogens with one attached hydrogen (secondary N) is 1. The number of H-pyrrole nitrogens is 1. The molecule has 0 radical (unpaired) electrons. The number of esters is 1. The van der Waals surface area contributed by atoms with Crippen LogP contribution >= 0.6 is 8.69 Å². The fraction of sp³-hybridized carbons (Fsp3) is 0.762. The topological polar surface area (TPSA) is 152 Å². The molecule has 4 atom stereocenters. The van der Waals surface area contributed by atoms with Crippen molar-refractivity contribution in [2.45, 2.75) is 70.4 Å². The summed E-state index contributed by atoms with van der Waals surface area (Å²) in [6.07, 6.45) is 2.51. The summed E-state index contributed by atoms with van der Waals surface area (Å²) in [5, 5.41) is 0. The Morgan fingerprint density at radius 2 is 2.09 bits per heavy atom. The summed E-state index contributed by atoms with van der Waals surface area (Å²) >= 11 is 0. The molecule has 1 saturated heterocycles. The Morgan fingerprint density at radius 3 is 2.70 bits per heavy atom. The van der Waals surface area contributed by atoms with Crippen molar-refractivity contribution in [3.8, 4) is 0 Å². The number of aromatic nitrogens is 2. The molecule has 11 nitrogen and oxygen atoms in total. The molecule has 2 heterocycles. The van der Waals surface area contributed by atoms with Gasteiger partial charge < -0.3 is 19.9 Å². The molecule has 1 aliphatic carbocycles. The third kappa shape index (κ3) is 5.96. The molecule has 0 bridgehead atoms. The molecule has 3 rings (SSSR count). The van der Waals surface area contributed by atoms with Gasteiger partial charge in [0, 0.05) is 31.4 Å². The molecule has 1 aromatic heterocycles. The fourth-order valence-electron chi connectivity index (χ4n) is 4.35. The molecule has 0 unspecified atom stereocenters. The number of carbonyl (C=O) groups excluding carboxylic acids is 1. The van der Waals surface area contributed by atoms with Gasteiger partial charge in [0.2, 0.25) is 0 Å². The molecule has 0 amide bonds. The van der Waals surface area contributed by atoms with Gasteiger partial charge in [-0.05, 0) is 46.5 Å². The Morgan fingerprint density at radius 1 is 1.36 bits per heavy atom. The van der Waals surface area contributed by atoms with Gasteiger partial charge in [0.1, 0.15) is 0 Å². The number of aromatic amines is 1. The Bertz CT molecular complexity index is 955. The van der Waals surface area contributed by atoms with Crippen LogP contribution in [0.4, 0.5) is 0 Å². The minimum absolute atomic E-state index is 0.0151. The zero-order valence-corrected chi connectivity index (χ0v) is 20.0. The highest BCUT2D eigenvalue weighted by molar-refractivity contribution is 7.17. The van der Waals surface area contributed by atoms with Crippen molar-refractivity contribution in [1.29, 1.82) is 0 Å². The lowest BCUT2D eigenvalue weighted by Crippen LogP contribution is -2.51. The molecule has 0 aromatic carbocycles. The molecule has 3 N–H and O–H groups in total. The van der Waals surface area contributed by atoms with Gasteiger partial charge in [0.15, 0.2) is 6.23 Å². The van der Waals surface area contributed by atoms with Crippen molar-refractivity contribution < 1.29 is 28.1 Å². The van der Waals surface area contributed by atoms with E-state index in [1.165, 1.54) is 16.8 Å². The third-order valence-corrected chi connectivity index (χ3v) is 6.66. The summed E-state index contributed by atoms with van der Waals surface area (Å²) in [7, 11) is -0.487. The number of hydrogen-bond donors (Lipinski definition) is 2. The highest BCUT2D eigenvalue weighted by Crippen LogP contribution is 2.50. The van der Waals surface area contributed by atoms with Crippen LogP contribution in [0, 0.1) is 11.3 Å². The van der Waals surface area contributed by atoms with E-state index >= 15 is 0 Å². The second-order valence-electron chi connectivity index (χ2n) is 9.27. The van der Waals surface area contributed by atoms with Crippen molar-refractivity contribution in [1.82, 2.24) is 9.55 Å². The van der Waals surface area contributed by atoms with E-state index in [1.54, 1.807) is 6.92 Å². The van der Waals surface area contributed by atoms with Crippen LogP contribution in [0.2, 0.25) is 0 Å². The number of carbonyl (C=O) groups is 1. The third-order valence-electron chi connectivity index (χ3n) is 6.41. The highest BCUT2D eigenvalue weighted by atomic mass is 31.1. The van der Waals surface area contributed by atoms with E-state index in [1.807, 2.05) is 13.8 Å². The van der Waals surface area contributed by atoms with Gasteiger partial charge in [0.05, 0.1) is 29.8 Å². The van der Waals surface area contributed by atoms with E-state index in [4.69, 9.17) is 24.5 Å². The summed E-state index contributed by atoms with van der Waals surface area (Å²) in [5.41, 5.74) is 4.04. The number of nitrogens with two attached hydrogens (primary N) is 1. The zero-order chi connectivity index (χ0) is 24.2. The van der Waals surface area contributed by atoms with Crippen LogP contribution in [0.15, 0.2) is 21.9 Å². The van der Waals surface area contributed by atoms with Crippen molar-refractivity contribution >= 4 is 14.7 Å². The van der Waals surface area contributed by atoms with Crippen LogP contribution in [0.5, 0.6) is 0 Å². The average Bonchev–Trinajstić information content (AvgIpc) is 3.48. The summed E-state index contributed by atoms with van der Waals surface area (Å²) in [6, 6.07) is 1.22. The maximum atomic E-state index is 12.3. The molecular weight excluding hydrogens is 453 g/mol. The monoisotopic (exact) mass is 485 g/mol. The summed E-state index contributed by atoms with van der Waals surface area (Å²) in [5.74, 6) is -0.452. The first kappa shape index (κ1) is 25.7. The summed E-state index contributed by atoms with van der Waals surface area (Å²) < 4.78 is 34.3. The first-order valence-electron chi connectivity index (χ1n) is 11.1. The van der Waals surface area contributed by atoms with E-state index in [2.05, 4.69) is 4.98 Å². The van der Waals surface area contributed by atoms with Gasteiger partial charge >= 0.3 is 20.3 Å². The van der Waals surface area contributed by atoms with Crippen molar-refractivity contribution in [2.75, 3.05) is 19.8 Å². The lowest BCUT2D eigenvalue weighted by molar-refractivity contribution is -0.155. The molecule has 2 aliphatic rings. The first-order chi connectivity index (χ1) is 15.6. The SMILES string of the molecule is CC(C)OC(=O)C1(CCOCC[C@@H]2[C@@H](COP=O)O[C@@H](n3ccc(=O)[nH]c3=O)[C@]2(C)N)CC1. The molecule has 0 spiro atoms. The summed E-state index contributed by atoms with van der Waals surface area (Å²) in [4.78, 5) is 38.2. The van der Waals surface area contributed by atoms with Crippen LogP contribution in [-0.2, 0) is 28.1 Å². The van der Waals surface area contributed by atoms with Crippen molar-refractivity contribution in [3.05, 3.63) is 33.1 Å². The lowest BCUT2D eigenvalue weighted by Gasteiger charge is -2.32. The van der Waals surface area contributed by atoms with Gasteiger partial charge in [0.25, 0.3) is 5.56 Å². The Balaban J connectivity index is 1.60. The minimum Gasteiger partial charge on any atom is -0.463 e. The van der Waals surface area contributed by atoms with Crippen molar-refractivity contribution in [2.24, 2.45) is 17.1 Å². The predicted molar refractivity (Wildman–Crippen MR) is 118 cm³/mol. The largest absolute Gasteiger partial charge is 0.463 e. The molecule has 2 fully saturated rings. The standard InChI is InChI=1S/C21H32N3O8P/c1-13(2)31-18(26)21(6-7-21)8-11-29-10-5-14-15(12-30-33-28)32-17(20(14,3)22)24-9-4-16(25)23-19(24)27/h4,9,13-15,17H,5-8,10-12,22H2,1-3H3,(H,23,25,27)/t14-,15-,17-,20-/m1/s1. The molecule has 33 heavy (non-hydrogen) atoms. The molecule has 1 aromatic rings.